The van der Waals surface area contributed by atoms with Gasteiger partial charge in [-0.3, -0.25) is 9.59 Å². The highest BCUT2D eigenvalue weighted by Crippen LogP contribution is 2.22. The van der Waals surface area contributed by atoms with E-state index in [0.29, 0.717) is 44.1 Å². The number of benzene rings is 1. The Kier molecular flexibility index (Phi) is 6.84. The maximum Gasteiger partial charge on any atom is 0.254 e. The Morgan fingerprint density at radius 3 is 2.96 bits per heavy atom. The van der Waals surface area contributed by atoms with Crippen LogP contribution in [0.25, 0.3) is 0 Å². The second-order valence-electron chi connectivity index (χ2n) is 6.57. The van der Waals surface area contributed by atoms with Crippen molar-refractivity contribution in [3.8, 4) is 5.75 Å². The maximum atomic E-state index is 12.9. The summed E-state index contributed by atoms with van der Waals surface area (Å²) < 4.78 is 5.80. The summed E-state index contributed by atoms with van der Waals surface area (Å²) in [5.41, 5.74) is 6.02. The van der Waals surface area contributed by atoms with Crippen molar-refractivity contribution in [1.82, 2.24) is 10.2 Å². The third-order valence-corrected chi connectivity index (χ3v) is 5.42. The zero-order chi connectivity index (χ0) is 19.1. The monoisotopic (exact) mass is 387 g/mol. The average molecular weight is 388 g/mol. The fraction of sp³-hybridized carbons (Fsp3) is 0.400. The van der Waals surface area contributed by atoms with Crippen LogP contribution in [-0.2, 0) is 11.4 Å². The summed E-state index contributed by atoms with van der Waals surface area (Å²) in [7, 11) is 0. The van der Waals surface area contributed by atoms with Gasteiger partial charge in [0, 0.05) is 36.6 Å². The lowest BCUT2D eigenvalue weighted by atomic mass is 9.96. The van der Waals surface area contributed by atoms with Crippen molar-refractivity contribution >= 4 is 23.2 Å². The molecule has 1 unspecified atom stereocenters. The molecule has 2 aromatic rings. The van der Waals surface area contributed by atoms with Gasteiger partial charge in [0.15, 0.2) is 0 Å². The minimum atomic E-state index is -0.174. The smallest absolute Gasteiger partial charge is 0.254 e. The molecule has 3 N–H and O–H groups in total. The summed E-state index contributed by atoms with van der Waals surface area (Å²) >= 11 is 1.64. The first-order valence-corrected chi connectivity index (χ1v) is 10.1. The molecule has 1 aliphatic heterocycles. The van der Waals surface area contributed by atoms with E-state index in [1.165, 1.54) is 0 Å². The van der Waals surface area contributed by atoms with Gasteiger partial charge in [-0.1, -0.05) is 12.1 Å². The van der Waals surface area contributed by atoms with Crippen molar-refractivity contribution in [2.75, 3.05) is 26.2 Å². The molecular formula is C20H25N3O3S. The molecule has 2 heterocycles. The Morgan fingerprint density at radius 2 is 2.19 bits per heavy atom. The lowest BCUT2D eigenvalue weighted by Crippen LogP contribution is -2.46. The number of amides is 2. The zero-order valence-corrected chi connectivity index (χ0v) is 16.0. The number of piperidine rings is 1. The fourth-order valence-corrected chi connectivity index (χ4v) is 3.78. The highest BCUT2D eigenvalue weighted by atomic mass is 32.1. The van der Waals surface area contributed by atoms with Crippen LogP contribution in [-0.4, -0.2) is 42.9 Å². The minimum Gasteiger partial charge on any atom is -0.488 e. The number of nitrogens with zero attached hydrogens (tertiary/aromatic N) is 1. The van der Waals surface area contributed by atoms with Crippen LogP contribution in [0.1, 0.15) is 28.1 Å². The second kappa shape index (κ2) is 9.53. The highest BCUT2D eigenvalue weighted by Gasteiger charge is 2.28. The van der Waals surface area contributed by atoms with E-state index < -0.39 is 0 Å². The molecule has 0 spiro atoms. The van der Waals surface area contributed by atoms with Gasteiger partial charge >= 0.3 is 0 Å². The van der Waals surface area contributed by atoms with E-state index in [2.05, 4.69) is 5.32 Å². The van der Waals surface area contributed by atoms with Crippen LogP contribution in [0.5, 0.6) is 5.75 Å². The number of carbonyl (C=O) groups excluding carboxylic acids is 2. The largest absolute Gasteiger partial charge is 0.488 e. The number of nitrogens with one attached hydrogen (secondary N) is 1. The van der Waals surface area contributed by atoms with Gasteiger partial charge in [0.05, 0.1) is 5.92 Å². The Bertz CT molecular complexity index is 764. The van der Waals surface area contributed by atoms with E-state index >= 15 is 0 Å². The van der Waals surface area contributed by atoms with Gasteiger partial charge in [0.2, 0.25) is 5.91 Å². The number of carbonyl (C=O) groups is 2. The molecule has 144 valence electrons. The van der Waals surface area contributed by atoms with Crippen LogP contribution in [0.15, 0.2) is 41.8 Å². The van der Waals surface area contributed by atoms with Crippen molar-refractivity contribution in [2.45, 2.75) is 19.4 Å². The quantitative estimate of drug-likeness (QED) is 0.763. The van der Waals surface area contributed by atoms with Crippen LogP contribution >= 0.6 is 11.3 Å². The molecule has 1 atom stereocenters. The van der Waals surface area contributed by atoms with Crippen molar-refractivity contribution in [2.24, 2.45) is 11.7 Å². The van der Waals surface area contributed by atoms with E-state index in [4.69, 9.17) is 10.5 Å². The van der Waals surface area contributed by atoms with Crippen molar-refractivity contribution < 1.29 is 14.3 Å². The summed E-state index contributed by atoms with van der Waals surface area (Å²) in [5, 5.41) is 4.83. The first kappa shape index (κ1) is 19.4. The number of rotatable bonds is 7. The highest BCUT2D eigenvalue weighted by molar-refractivity contribution is 7.09. The number of hydrogen-bond donors (Lipinski definition) is 2. The lowest BCUT2D eigenvalue weighted by Gasteiger charge is -2.32. The Balaban J connectivity index is 1.61. The van der Waals surface area contributed by atoms with Crippen LogP contribution in [0.3, 0.4) is 0 Å². The normalized spacial score (nSPS) is 16.8. The van der Waals surface area contributed by atoms with Gasteiger partial charge in [0.25, 0.3) is 5.91 Å². The summed E-state index contributed by atoms with van der Waals surface area (Å²) in [5.74, 6) is 0.412. The molecule has 1 aliphatic rings. The summed E-state index contributed by atoms with van der Waals surface area (Å²) in [4.78, 5) is 28.0. The van der Waals surface area contributed by atoms with Crippen LogP contribution in [0, 0.1) is 5.92 Å². The van der Waals surface area contributed by atoms with Crippen LogP contribution in [0.4, 0.5) is 0 Å². The van der Waals surface area contributed by atoms with Crippen LogP contribution in [0.2, 0.25) is 0 Å². The number of hydrogen-bond acceptors (Lipinski definition) is 5. The van der Waals surface area contributed by atoms with Crippen LogP contribution < -0.4 is 15.8 Å². The van der Waals surface area contributed by atoms with Gasteiger partial charge in [-0.25, -0.2) is 0 Å². The average Bonchev–Trinajstić information content (AvgIpc) is 3.24. The Morgan fingerprint density at radius 1 is 1.30 bits per heavy atom. The molecule has 6 nitrogen and oxygen atoms in total. The molecule has 1 aromatic carbocycles. The molecule has 0 saturated carbocycles. The predicted molar refractivity (Wildman–Crippen MR) is 106 cm³/mol. The summed E-state index contributed by atoms with van der Waals surface area (Å²) in [6, 6.07) is 11.2. The fourth-order valence-electron chi connectivity index (χ4n) is 3.17. The molecule has 3 rings (SSSR count). The molecule has 0 aliphatic carbocycles. The summed E-state index contributed by atoms with van der Waals surface area (Å²) in [6.45, 7) is 2.48. The number of nitrogens with two attached hydrogens (primary N) is 1. The van der Waals surface area contributed by atoms with Crippen molar-refractivity contribution in [3.63, 3.8) is 0 Å². The lowest BCUT2D eigenvalue weighted by molar-refractivity contribution is -0.126. The molecule has 1 aromatic heterocycles. The minimum absolute atomic E-state index is 0.0222. The van der Waals surface area contributed by atoms with Gasteiger partial charge < -0.3 is 20.7 Å². The number of ether oxygens (including phenoxy) is 1. The molecule has 7 heteroatoms. The molecule has 27 heavy (non-hydrogen) atoms. The number of likely N-dealkylation sites (tertiary alicyclic amines) is 1. The molecule has 0 bridgehead atoms. The Labute approximate surface area is 163 Å². The third kappa shape index (κ3) is 5.30. The van der Waals surface area contributed by atoms with Gasteiger partial charge in [-0.15, -0.1) is 11.3 Å². The first-order valence-electron chi connectivity index (χ1n) is 9.19. The van der Waals surface area contributed by atoms with Gasteiger partial charge in [0.1, 0.15) is 12.4 Å². The van der Waals surface area contributed by atoms with Gasteiger partial charge in [-0.2, -0.15) is 0 Å². The Hall–Kier alpha value is -2.38. The number of thiophene rings is 1. The standard InChI is InChI=1S/C20H25N3O3S/c21-8-9-22-19(24)16-5-2-10-23(13-16)20(25)15-4-1-6-17(12-15)26-14-18-7-3-11-27-18/h1,3-4,6-7,11-12,16H,2,5,8-10,13-14,21H2,(H,22,24). The van der Waals surface area contributed by atoms with E-state index in [9.17, 15) is 9.59 Å². The van der Waals surface area contributed by atoms with E-state index in [1.807, 2.05) is 29.6 Å². The predicted octanol–water partition coefficient (Wildman–Crippen LogP) is 2.25. The topological polar surface area (TPSA) is 84.7 Å². The molecular weight excluding hydrogens is 362 g/mol. The molecule has 1 fully saturated rings. The maximum absolute atomic E-state index is 12.9. The SMILES string of the molecule is NCCNC(=O)C1CCCN(C(=O)c2cccc(OCc3cccs3)c2)C1. The third-order valence-electron chi connectivity index (χ3n) is 4.57. The van der Waals surface area contributed by atoms with Crippen molar-refractivity contribution in [3.05, 3.63) is 52.2 Å². The second-order valence-corrected chi connectivity index (χ2v) is 7.60. The molecule has 2 amide bonds. The first-order chi connectivity index (χ1) is 13.2. The van der Waals surface area contributed by atoms with Gasteiger partial charge in [-0.05, 0) is 42.5 Å². The molecule has 1 saturated heterocycles. The zero-order valence-electron chi connectivity index (χ0n) is 15.2. The summed E-state index contributed by atoms with van der Waals surface area (Å²) in [6.07, 6.45) is 1.62. The van der Waals surface area contributed by atoms with Crippen molar-refractivity contribution in [1.29, 1.82) is 0 Å². The molecule has 0 radical (unpaired) electrons. The van der Waals surface area contributed by atoms with E-state index in [0.717, 1.165) is 17.7 Å². The van der Waals surface area contributed by atoms with E-state index in [-0.39, 0.29) is 17.7 Å². The van der Waals surface area contributed by atoms with E-state index in [1.54, 1.807) is 28.4 Å².